The molecule has 1 aromatic heterocycles. The van der Waals surface area contributed by atoms with E-state index in [9.17, 15) is 4.79 Å². The van der Waals surface area contributed by atoms with E-state index in [1.807, 2.05) is 24.0 Å². The molecule has 1 saturated heterocycles. The minimum atomic E-state index is 0.0800. The molecule has 24 heavy (non-hydrogen) atoms. The summed E-state index contributed by atoms with van der Waals surface area (Å²) in [6.07, 6.45) is 1.94. The third kappa shape index (κ3) is 3.50. The number of aromatic nitrogens is 2. The average Bonchev–Trinajstić information content (AvgIpc) is 3.00. The molecule has 1 atom stereocenters. The first kappa shape index (κ1) is 16.7. The van der Waals surface area contributed by atoms with Crippen molar-refractivity contribution in [3.8, 4) is 0 Å². The Balaban J connectivity index is 1.72. The maximum atomic E-state index is 12.8. The molecule has 3 rings (SSSR count). The van der Waals surface area contributed by atoms with Crippen molar-refractivity contribution in [2.45, 2.75) is 51.9 Å². The van der Waals surface area contributed by atoms with Crippen LogP contribution in [0, 0.1) is 6.92 Å². The Labute approximate surface area is 143 Å². The number of aryl methyl sites for hydroxylation is 1. The lowest BCUT2D eigenvalue weighted by Crippen LogP contribution is -2.39. The molecule has 2 heterocycles. The highest BCUT2D eigenvalue weighted by Gasteiger charge is 2.29. The first-order valence-corrected chi connectivity index (χ1v) is 8.54. The molecule has 0 aliphatic carbocycles. The van der Waals surface area contributed by atoms with Gasteiger partial charge in [-0.1, -0.05) is 38.1 Å². The van der Waals surface area contributed by atoms with Gasteiger partial charge in [-0.05, 0) is 42.9 Å². The summed E-state index contributed by atoms with van der Waals surface area (Å²) in [4.78, 5) is 19.0. The molecule has 1 aromatic carbocycles. The number of nitrogens with zero attached hydrogens (tertiary/aromatic N) is 3. The predicted octanol–water partition coefficient (Wildman–Crippen LogP) is 3.70. The van der Waals surface area contributed by atoms with Gasteiger partial charge in [0.1, 0.15) is 0 Å². The van der Waals surface area contributed by atoms with Gasteiger partial charge in [-0.3, -0.25) is 4.79 Å². The topological polar surface area (TPSA) is 59.2 Å². The normalized spacial score (nSPS) is 18.7. The van der Waals surface area contributed by atoms with Gasteiger partial charge in [-0.25, -0.2) is 0 Å². The molecule has 1 unspecified atom stereocenters. The van der Waals surface area contributed by atoms with Gasteiger partial charge in [0.2, 0.25) is 5.89 Å². The van der Waals surface area contributed by atoms with Gasteiger partial charge < -0.3 is 9.42 Å². The first-order chi connectivity index (χ1) is 11.3. The molecule has 128 valence electrons. The number of hydrogen-bond acceptors (Lipinski definition) is 4. The van der Waals surface area contributed by atoms with Gasteiger partial charge in [0.05, 0.1) is 5.92 Å². The highest BCUT2D eigenvalue weighted by molar-refractivity contribution is 5.94. The fourth-order valence-corrected chi connectivity index (χ4v) is 3.14. The highest BCUT2D eigenvalue weighted by atomic mass is 16.5. The lowest BCUT2D eigenvalue weighted by molar-refractivity contribution is 0.0695. The number of carbonyl (C=O) groups is 1. The van der Waals surface area contributed by atoms with E-state index in [-0.39, 0.29) is 17.2 Å². The summed E-state index contributed by atoms with van der Waals surface area (Å²) >= 11 is 0. The second-order valence-electron chi connectivity index (χ2n) is 7.60. The minimum Gasteiger partial charge on any atom is -0.339 e. The van der Waals surface area contributed by atoms with E-state index in [1.54, 1.807) is 0 Å². The summed E-state index contributed by atoms with van der Waals surface area (Å²) in [7, 11) is 0. The zero-order chi connectivity index (χ0) is 17.3. The number of amides is 1. The van der Waals surface area contributed by atoms with E-state index in [4.69, 9.17) is 4.52 Å². The summed E-state index contributed by atoms with van der Waals surface area (Å²) in [6, 6.07) is 7.97. The Morgan fingerprint density at radius 3 is 2.54 bits per heavy atom. The largest absolute Gasteiger partial charge is 0.339 e. The summed E-state index contributed by atoms with van der Waals surface area (Å²) < 4.78 is 5.29. The molecule has 1 aliphatic rings. The van der Waals surface area contributed by atoms with Gasteiger partial charge in [-0.2, -0.15) is 4.98 Å². The van der Waals surface area contributed by atoms with Gasteiger partial charge >= 0.3 is 0 Å². The average molecular weight is 327 g/mol. The van der Waals surface area contributed by atoms with Crippen molar-refractivity contribution in [3.63, 3.8) is 0 Å². The lowest BCUT2D eigenvalue weighted by Gasteiger charge is -2.31. The van der Waals surface area contributed by atoms with Gasteiger partial charge in [0.15, 0.2) is 5.82 Å². The van der Waals surface area contributed by atoms with E-state index in [0.29, 0.717) is 18.3 Å². The van der Waals surface area contributed by atoms with Crippen molar-refractivity contribution in [1.82, 2.24) is 15.0 Å². The summed E-state index contributed by atoms with van der Waals surface area (Å²) in [6.45, 7) is 9.75. The highest BCUT2D eigenvalue weighted by Crippen LogP contribution is 2.27. The van der Waals surface area contributed by atoms with Crippen molar-refractivity contribution < 1.29 is 9.32 Å². The van der Waals surface area contributed by atoms with Crippen molar-refractivity contribution in [1.29, 1.82) is 0 Å². The third-order valence-electron chi connectivity index (χ3n) is 4.60. The standard InChI is InChI=1S/C19H25N3O2/c1-13-20-17(24-21-13)15-6-5-11-22(12-15)18(23)14-7-9-16(10-8-14)19(2,3)4/h7-10,15H,5-6,11-12H2,1-4H3. The van der Waals surface area contributed by atoms with E-state index in [0.717, 1.165) is 24.9 Å². The van der Waals surface area contributed by atoms with Gasteiger partial charge in [-0.15, -0.1) is 0 Å². The van der Waals surface area contributed by atoms with Crippen molar-refractivity contribution >= 4 is 5.91 Å². The summed E-state index contributed by atoms with van der Waals surface area (Å²) in [5, 5.41) is 3.86. The molecule has 0 spiro atoms. The first-order valence-electron chi connectivity index (χ1n) is 8.54. The van der Waals surface area contributed by atoms with Crippen molar-refractivity contribution in [3.05, 3.63) is 47.1 Å². The Hall–Kier alpha value is -2.17. The van der Waals surface area contributed by atoms with Crippen LogP contribution < -0.4 is 0 Å². The van der Waals surface area contributed by atoms with Gasteiger partial charge in [0, 0.05) is 18.7 Å². The molecule has 0 N–H and O–H groups in total. The number of hydrogen-bond donors (Lipinski definition) is 0. The second kappa shape index (κ2) is 6.38. The number of piperidine rings is 1. The van der Waals surface area contributed by atoms with Crippen LogP contribution in [0.25, 0.3) is 0 Å². The second-order valence-corrected chi connectivity index (χ2v) is 7.60. The predicted molar refractivity (Wildman–Crippen MR) is 92.1 cm³/mol. The van der Waals surface area contributed by atoms with Crippen LogP contribution in [0.1, 0.15) is 67.2 Å². The minimum absolute atomic E-state index is 0.0800. The summed E-state index contributed by atoms with van der Waals surface area (Å²) in [5.74, 6) is 1.51. The van der Waals surface area contributed by atoms with Crippen LogP contribution in [0.3, 0.4) is 0 Å². The van der Waals surface area contributed by atoms with E-state index in [2.05, 4.69) is 43.0 Å². The number of carbonyl (C=O) groups excluding carboxylic acids is 1. The quantitative estimate of drug-likeness (QED) is 0.844. The molecule has 1 fully saturated rings. The number of benzene rings is 1. The van der Waals surface area contributed by atoms with Crippen LogP contribution in [-0.2, 0) is 5.41 Å². The monoisotopic (exact) mass is 327 g/mol. The van der Waals surface area contributed by atoms with E-state index >= 15 is 0 Å². The SMILES string of the molecule is Cc1noc(C2CCCN(C(=O)c3ccc(C(C)(C)C)cc3)C2)n1. The van der Waals surface area contributed by atoms with Gasteiger partial charge in [0.25, 0.3) is 5.91 Å². The molecule has 1 amide bonds. The fraction of sp³-hybridized carbons (Fsp3) is 0.526. The zero-order valence-corrected chi connectivity index (χ0v) is 14.9. The third-order valence-corrected chi connectivity index (χ3v) is 4.60. The Kier molecular flexibility index (Phi) is 4.43. The maximum Gasteiger partial charge on any atom is 0.253 e. The molecule has 2 aromatic rings. The molecule has 0 radical (unpaired) electrons. The zero-order valence-electron chi connectivity index (χ0n) is 14.9. The Morgan fingerprint density at radius 2 is 1.96 bits per heavy atom. The molecular weight excluding hydrogens is 302 g/mol. The van der Waals surface area contributed by atoms with Crippen molar-refractivity contribution in [2.24, 2.45) is 0 Å². The van der Waals surface area contributed by atoms with Crippen LogP contribution in [0.2, 0.25) is 0 Å². The van der Waals surface area contributed by atoms with Crippen LogP contribution in [-0.4, -0.2) is 34.0 Å². The number of rotatable bonds is 2. The van der Waals surface area contributed by atoms with Crippen molar-refractivity contribution in [2.75, 3.05) is 13.1 Å². The molecule has 5 nitrogen and oxygen atoms in total. The Bertz CT molecular complexity index is 713. The molecule has 1 aliphatic heterocycles. The summed E-state index contributed by atoms with van der Waals surface area (Å²) in [5.41, 5.74) is 2.07. The van der Waals surface area contributed by atoms with E-state index in [1.165, 1.54) is 5.56 Å². The maximum absolute atomic E-state index is 12.8. The smallest absolute Gasteiger partial charge is 0.253 e. The molecule has 0 saturated carbocycles. The van der Waals surface area contributed by atoms with Crippen LogP contribution in [0.15, 0.2) is 28.8 Å². The molecular formula is C19H25N3O2. The van der Waals surface area contributed by atoms with Crippen LogP contribution in [0.5, 0.6) is 0 Å². The molecule has 5 heteroatoms. The Morgan fingerprint density at radius 1 is 1.25 bits per heavy atom. The lowest BCUT2D eigenvalue weighted by atomic mass is 9.86. The van der Waals surface area contributed by atoms with Crippen LogP contribution >= 0.6 is 0 Å². The fourth-order valence-electron chi connectivity index (χ4n) is 3.14. The van der Waals surface area contributed by atoms with E-state index < -0.39 is 0 Å². The number of likely N-dealkylation sites (tertiary alicyclic amines) is 1. The van der Waals surface area contributed by atoms with Crippen LogP contribution in [0.4, 0.5) is 0 Å². The molecule has 0 bridgehead atoms.